The van der Waals surface area contributed by atoms with Gasteiger partial charge in [0.2, 0.25) is 0 Å². The fourth-order valence-electron chi connectivity index (χ4n) is 2.07. The Labute approximate surface area is 146 Å². The normalized spacial score (nSPS) is 12.2. The SMILES string of the molecule is CC(C)CCC(C)NC(=O)c1cc(COc2cncc(Cl)c2)on1. The first-order chi connectivity index (χ1) is 11.4. The summed E-state index contributed by atoms with van der Waals surface area (Å²) in [6.45, 7) is 6.45. The number of amides is 1. The zero-order valence-corrected chi connectivity index (χ0v) is 14.8. The van der Waals surface area contributed by atoms with E-state index in [0.717, 1.165) is 12.8 Å². The van der Waals surface area contributed by atoms with E-state index in [0.29, 0.717) is 22.5 Å². The van der Waals surface area contributed by atoms with Crippen molar-refractivity contribution in [3.63, 3.8) is 0 Å². The Morgan fingerprint density at radius 3 is 2.79 bits per heavy atom. The van der Waals surface area contributed by atoms with E-state index < -0.39 is 0 Å². The van der Waals surface area contributed by atoms with Crippen LogP contribution in [-0.4, -0.2) is 22.1 Å². The van der Waals surface area contributed by atoms with Gasteiger partial charge in [-0.05, 0) is 25.7 Å². The Bertz CT molecular complexity index is 673. The first-order valence-electron chi connectivity index (χ1n) is 7.94. The Hall–Kier alpha value is -2.08. The third kappa shape index (κ3) is 5.85. The molecule has 0 aliphatic rings. The molecule has 0 saturated carbocycles. The molecule has 0 aliphatic heterocycles. The molecule has 2 heterocycles. The second-order valence-corrected chi connectivity index (χ2v) is 6.59. The van der Waals surface area contributed by atoms with Crippen LogP contribution in [0.25, 0.3) is 0 Å². The van der Waals surface area contributed by atoms with Gasteiger partial charge in [0.15, 0.2) is 11.5 Å². The Kier molecular flexibility index (Phi) is 6.61. The predicted octanol–water partition coefficient (Wildman–Crippen LogP) is 3.86. The Morgan fingerprint density at radius 1 is 1.29 bits per heavy atom. The van der Waals surface area contributed by atoms with Crippen molar-refractivity contribution >= 4 is 17.5 Å². The summed E-state index contributed by atoms with van der Waals surface area (Å²) in [4.78, 5) is 16.1. The molecule has 1 amide bonds. The summed E-state index contributed by atoms with van der Waals surface area (Å²) in [5, 5.41) is 7.19. The summed E-state index contributed by atoms with van der Waals surface area (Å²) in [7, 11) is 0. The molecule has 0 aliphatic carbocycles. The van der Waals surface area contributed by atoms with Crippen LogP contribution in [0.3, 0.4) is 0 Å². The van der Waals surface area contributed by atoms with Gasteiger partial charge in [-0.15, -0.1) is 0 Å². The van der Waals surface area contributed by atoms with E-state index in [-0.39, 0.29) is 24.2 Å². The first kappa shape index (κ1) is 18.3. The molecule has 0 bridgehead atoms. The summed E-state index contributed by atoms with van der Waals surface area (Å²) in [6, 6.07) is 3.31. The van der Waals surface area contributed by atoms with Crippen LogP contribution in [0.1, 0.15) is 49.9 Å². The van der Waals surface area contributed by atoms with E-state index in [2.05, 4.69) is 29.3 Å². The quantitative estimate of drug-likeness (QED) is 0.781. The Morgan fingerprint density at radius 2 is 2.08 bits per heavy atom. The number of hydrogen-bond acceptors (Lipinski definition) is 5. The molecule has 1 unspecified atom stereocenters. The number of carbonyl (C=O) groups is 1. The van der Waals surface area contributed by atoms with E-state index in [1.807, 2.05) is 6.92 Å². The molecule has 1 N–H and O–H groups in total. The largest absolute Gasteiger partial charge is 0.484 e. The minimum atomic E-state index is -0.245. The molecule has 130 valence electrons. The van der Waals surface area contributed by atoms with Crippen LogP contribution >= 0.6 is 11.6 Å². The van der Waals surface area contributed by atoms with Crippen LogP contribution in [-0.2, 0) is 6.61 Å². The van der Waals surface area contributed by atoms with Crippen molar-refractivity contribution < 1.29 is 14.1 Å². The summed E-state index contributed by atoms with van der Waals surface area (Å²) in [5.74, 6) is 1.34. The van der Waals surface area contributed by atoms with Crippen molar-refractivity contribution in [1.29, 1.82) is 0 Å². The fraction of sp³-hybridized carbons (Fsp3) is 0.471. The van der Waals surface area contributed by atoms with Gasteiger partial charge in [0.1, 0.15) is 12.4 Å². The maximum Gasteiger partial charge on any atom is 0.273 e. The van der Waals surface area contributed by atoms with Crippen LogP contribution < -0.4 is 10.1 Å². The highest BCUT2D eigenvalue weighted by atomic mass is 35.5. The molecule has 0 fully saturated rings. The van der Waals surface area contributed by atoms with E-state index in [1.165, 1.54) is 6.20 Å². The molecule has 2 aromatic heterocycles. The lowest BCUT2D eigenvalue weighted by Crippen LogP contribution is -2.32. The number of nitrogens with zero attached hydrogens (tertiary/aromatic N) is 2. The number of nitrogens with one attached hydrogen (secondary N) is 1. The lowest BCUT2D eigenvalue weighted by Gasteiger charge is -2.13. The van der Waals surface area contributed by atoms with Crippen LogP contribution in [0.2, 0.25) is 5.02 Å². The van der Waals surface area contributed by atoms with Crippen molar-refractivity contribution in [1.82, 2.24) is 15.5 Å². The van der Waals surface area contributed by atoms with Gasteiger partial charge in [0, 0.05) is 24.4 Å². The lowest BCUT2D eigenvalue weighted by molar-refractivity contribution is 0.0927. The zero-order chi connectivity index (χ0) is 17.5. The highest BCUT2D eigenvalue weighted by Gasteiger charge is 2.15. The number of hydrogen-bond donors (Lipinski definition) is 1. The van der Waals surface area contributed by atoms with Gasteiger partial charge in [-0.1, -0.05) is 30.6 Å². The molecular weight excluding hydrogens is 330 g/mol. The van der Waals surface area contributed by atoms with Crippen LogP contribution in [0, 0.1) is 5.92 Å². The van der Waals surface area contributed by atoms with Gasteiger partial charge in [-0.3, -0.25) is 9.78 Å². The van der Waals surface area contributed by atoms with Gasteiger partial charge in [0.25, 0.3) is 5.91 Å². The highest BCUT2D eigenvalue weighted by Crippen LogP contribution is 2.17. The van der Waals surface area contributed by atoms with Gasteiger partial charge < -0.3 is 14.6 Å². The number of halogens is 1. The molecule has 7 heteroatoms. The third-order valence-corrected chi connectivity index (χ3v) is 3.61. The molecule has 6 nitrogen and oxygen atoms in total. The number of aromatic nitrogens is 2. The molecule has 0 aromatic carbocycles. The van der Waals surface area contributed by atoms with Crippen molar-refractivity contribution in [3.05, 3.63) is 41.0 Å². The second-order valence-electron chi connectivity index (χ2n) is 6.15. The Balaban J connectivity index is 1.84. The predicted molar refractivity (Wildman–Crippen MR) is 91.1 cm³/mol. The number of pyridine rings is 1. The van der Waals surface area contributed by atoms with Crippen LogP contribution in [0.15, 0.2) is 29.0 Å². The van der Waals surface area contributed by atoms with Gasteiger partial charge >= 0.3 is 0 Å². The summed E-state index contributed by atoms with van der Waals surface area (Å²) in [6.07, 6.45) is 5.06. The maximum absolute atomic E-state index is 12.1. The van der Waals surface area contributed by atoms with Crippen molar-refractivity contribution in [2.75, 3.05) is 0 Å². The number of ether oxygens (including phenoxy) is 1. The summed E-state index contributed by atoms with van der Waals surface area (Å²) in [5.41, 5.74) is 0.245. The highest BCUT2D eigenvalue weighted by molar-refractivity contribution is 6.30. The van der Waals surface area contributed by atoms with Crippen LogP contribution in [0.4, 0.5) is 0 Å². The van der Waals surface area contributed by atoms with Gasteiger partial charge in [0.05, 0.1) is 11.2 Å². The molecule has 0 radical (unpaired) electrons. The number of carbonyl (C=O) groups excluding carboxylic acids is 1. The second kappa shape index (κ2) is 8.68. The molecule has 2 rings (SSSR count). The third-order valence-electron chi connectivity index (χ3n) is 3.41. The van der Waals surface area contributed by atoms with Crippen LogP contribution in [0.5, 0.6) is 5.75 Å². The smallest absolute Gasteiger partial charge is 0.273 e. The molecular formula is C17H22ClN3O3. The van der Waals surface area contributed by atoms with Crippen molar-refractivity contribution in [2.24, 2.45) is 5.92 Å². The average Bonchev–Trinajstić information content (AvgIpc) is 3.00. The fourth-order valence-corrected chi connectivity index (χ4v) is 2.23. The van der Waals surface area contributed by atoms with E-state index in [1.54, 1.807) is 18.3 Å². The molecule has 24 heavy (non-hydrogen) atoms. The maximum atomic E-state index is 12.1. The van der Waals surface area contributed by atoms with Crippen molar-refractivity contribution in [2.45, 2.75) is 46.3 Å². The average molecular weight is 352 g/mol. The van der Waals surface area contributed by atoms with E-state index in [9.17, 15) is 4.79 Å². The summed E-state index contributed by atoms with van der Waals surface area (Å²) >= 11 is 5.83. The van der Waals surface area contributed by atoms with E-state index >= 15 is 0 Å². The van der Waals surface area contributed by atoms with Gasteiger partial charge in [-0.25, -0.2) is 0 Å². The van der Waals surface area contributed by atoms with Crippen molar-refractivity contribution in [3.8, 4) is 5.75 Å². The van der Waals surface area contributed by atoms with Gasteiger partial charge in [-0.2, -0.15) is 0 Å². The summed E-state index contributed by atoms with van der Waals surface area (Å²) < 4.78 is 10.6. The zero-order valence-electron chi connectivity index (χ0n) is 14.1. The molecule has 1 atom stereocenters. The molecule has 0 spiro atoms. The minimum Gasteiger partial charge on any atom is -0.484 e. The monoisotopic (exact) mass is 351 g/mol. The lowest BCUT2D eigenvalue weighted by atomic mass is 10.0. The standard InChI is InChI=1S/C17H22ClN3O3/c1-11(2)4-5-12(3)20-17(22)16-7-15(24-21-16)10-23-14-6-13(18)8-19-9-14/h6-9,11-12H,4-5,10H2,1-3H3,(H,20,22). The molecule has 0 saturated heterocycles. The first-order valence-corrected chi connectivity index (χ1v) is 8.31. The molecule has 2 aromatic rings. The topological polar surface area (TPSA) is 77.2 Å². The minimum absolute atomic E-state index is 0.0915. The number of rotatable bonds is 8. The van der Waals surface area contributed by atoms with E-state index in [4.69, 9.17) is 20.9 Å².